The summed E-state index contributed by atoms with van der Waals surface area (Å²) in [5.74, 6) is -0.199. The van der Waals surface area contributed by atoms with E-state index in [0.717, 1.165) is 5.56 Å². The molecule has 6 nitrogen and oxygen atoms in total. The number of phenols is 1. The van der Waals surface area contributed by atoms with Crippen LogP contribution in [0.5, 0.6) is 17.2 Å². The fourth-order valence-corrected chi connectivity index (χ4v) is 2.86. The third-order valence-electron chi connectivity index (χ3n) is 3.72. The third-order valence-corrected chi connectivity index (χ3v) is 4.28. The molecule has 0 aliphatic rings. The summed E-state index contributed by atoms with van der Waals surface area (Å²) < 4.78 is 10.2. The number of hydrogen-bond acceptors (Lipinski definition) is 5. The zero-order valence-corrected chi connectivity index (χ0v) is 16.5. The van der Waals surface area contributed by atoms with Gasteiger partial charge < -0.3 is 19.9 Å². The van der Waals surface area contributed by atoms with Crippen LogP contribution >= 0.6 is 23.2 Å². The molecule has 2 aromatic rings. The molecule has 2 aromatic carbocycles. The Kier molecular flexibility index (Phi) is 6.93. The summed E-state index contributed by atoms with van der Waals surface area (Å²) in [6, 6.07) is 7.59. The lowest BCUT2D eigenvalue weighted by atomic mass is 10.0. The third kappa shape index (κ3) is 5.28. The van der Waals surface area contributed by atoms with E-state index in [2.05, 4.69) is 10.1 Å². The maximum Gasteiger partial charge on any atom is 0.325 e. The Labute approximate surface area is 167 Å². The van der Waals surface area contributed by atoms with E-state index in [-0.39, 0.29) is 39.6 Å². The minimum atomic E-state index is -0.575. The number of rotatable bonds is 6. The highest BCUT2D eigenvalue weighted by atomic mass is 35.5. The van der Waals surface area contributed by atoms with Crippen molar-refractivity contribution in [3.63, 3.8) is 0 Å². The molecule has 0 saturated heterocycles. The van der Waals surface area contributed by atoms with Crippen LogP contribution in [-0.4, -0.2) is 30.6 Å². The van der Waals surface area contributed by atoms with Crippen molar-refractivity contribution in [1.29, 1.82) is 0 Å². The summed E-state index contributed by atoms with van der Waals surface area (Å²) in [5.41, 5.74) is 0.897. The van der Waals surface area contributed by atoms with Crippen LogP contribution in [0.2, 0.25) is 10.0 Å². The summed E-state index contributed by atoms with van der Waals surface area (Å²) in [4.78, 5) is 23.2. The number of benzene rings is 2. The first-order chi connectivity index (χ1) is 12.7. The molecule has 0 aromatic heterocycles. The number of carbonyl (C=O) groups is 2. The van der Waals surface area contributed by atoms with E-state index in [1.54, 1.807) is 12.1 Å². The monoisotopic (exact) mass is 411 g/mol. The van der Waals surface area contributed by atoms with Gasteiger partial charge in [-0.15, -0.1) is 0 Å². The van der Waals surface area contributed by atoms with E-state index >= 15 is 0 Å². The molecule has 0 aliphatic carbocycles. The number of esters is 1. The second kappa shape index (κ2) is 8.97. The number of ether oxygens (including phenoxy) is 2. The molecule has 1 amide bonds. The molecule has 0 atom stereocenters. The van der Waals surface area contributed by atoms with Gasteiger partial charge in [0, 0.05) is 11.1 Å². The molecule has 0 aliphatic heterocycles. The second-order valence-electron chi connectivity index (χ2n) is 6.01. The summed E-state index contributed by atoms with van der Waals surface area (Å²) in [7, 11) is 1.22. The Bertz CT molecular complexity index is 844. The van der Waals surface area contributed by atoms with Gasteiger partial charge in [-0.25, -0.2) is 0 Å². The molecular formula is C19H19Cl2NO5. The molecule has 144 valence electrons. The Morgan fingerprint density at radius 1 is 1.15 bits per heavy atom. The average molecular weight is 412 g/mol. The van der Waals surface area contributed by atoms with Crippen molar-refractivity contribution >= 4 is 35.1 Å². The van der Waals surface area contributed by atoms with Crippen molar-refractivity contribution in [2.24, 2.45) is 0 Å². The lowest BCUT2D eigenvalue weighted by molar-refractivity contribution is -0.139. The lowest BCUT2D eigenvalue weighted by Crippen LogP contribution is -2.30. The van der Waals surface area contributed by atoms with Crippen LogP contribution in [0.4, 0.5) is 0 Å². The van der Waals surface area contributed by atoms with Crippen molar-refractivity contribution in [2.45, 2.75) is 19.8 Å². The minimum Gasteiger partial charge on any atom is -0.508 e. The molecule has 8 heteroatoms. The topological polar surface area (TPSA) is 84.9 Å². The largest absolute Gasteiger partial charge is 0.508 e. The average Bonchev–Trinajstić information content (AvgIpc) is 2.63. The number of aromatic hydroxyl groups is 1. The van der Waals surface area contributed by atoms with Gasteiger partial charge in [-0.2, -0.15) is 0 Å². The van der Waals surface area contributed by atoms with Crippen molar-refractivity contribution in [1.82, 2.24) is 5.32 Å². The van der Waals surface area contributed by atoms with E-state index in [4.69, 9.17) is 27.9 Å². The van der Waals surface area contributed by atoms with Crippen molar-refractivity contribution in [3.05, 3.63) is 51.5 Å². The highest BCUT2D eigenvalue weighted by molar-refractivity contribution is 6.37. The highest BCUT2D eigenvalue weighted by Crippen LogP contribution is 2.39. The number of carbonyl (C=O) groups excluding carboxylic acids is 2. The van der Waals surface area contributed by atoms with Crippen LogP contribution in [0.25, 0.3) is 0 Å². The van der Waals surface area contributed by atoms with Crippen molar-refractivity contribution < 1.29 is 24.2 Å². The highest BCUT2D eigenvalue weighted by Gasteiger charge is 2.16. The summed E-state index contributed by atoms with van der Waals surface area (Å²) >= 11 is 12.4. The van der Waals surface area contributed by atoms with E-state index in [9.17, 15) is 14.7 Å². The second-order valence-corrected chi connectivity index (χ2v) is 6.82. The van der Waals surface area contributed by atoms with Gasteiger partial charge in [0.25, 0.3) is 5.91 Å². The van der Waals surface area contributed by atoms with Gasteiger partial charge in [-0.05, 0) is 36.2 Å². The molecule has 27 heavy (non-hydrogen) atoms. The first kappa shape index (κ1) is 20.9. The summed E-state index contributed by atoms with van der Waals surface area (Å²) in [6.07, 6.45) is 0. The number of hydrogen-bond donors (Lipinski definition) is 2. The predicted octanol–water partition coefficient (Wildman–Crippen LogP) is 4.52. The minimum absolute atomic E-state index is 0.0976. The van der Waals surface area contributed by atoms with Gasteiger partial charge in [-0.1, -0.05) is 37.0 Å². The smallest absolute Gasteiger partial charge is 0.325 e. The van der Waals surface area contributed by atoms with E-state index in [0.29, 0.717) is 5.75 Å². The van der Waals surface area contributed by atoms with E-state index < -0.39 is 11.9 Å². The molecule has 0 saturated carbocycles. The van der Waals surface area contributed by atoms with Gasteiger partial charge in [-0.3, -0.25) is 9.59 Å². The van der Waals surface area contributed by atoms with Crippen molar-refractivity contribution in [3.8, 4) is 17.2 Å². The standard InChI is InChI=1S/C19H19Cl2NO5/c1-10(2)13-8-12(4-5-16(13)23)27-18-14(20)6-11(7-15(18)21)19(25)22-9-17(24)26-3/h4-8,10,23H,9H2,1-3H3,(H,22,25). The van der Waals surface area contributed by atoms with Crippen LogP contribution in [0.3, 0.4) is 0 Å². The van der Waals surface area contributed by atoms with Crippen LogP contribution < -0.4 is 10.1 Å². The number of halogens is 2. The Balaban J connectivity index is 2.23. The van der Waals surface area contributed by atoms with E-state index in [1.807, 2.05) is 13.8 Å². The van der Waals surface area contributed by atoms with Crippen LogP contribution in [-0.2, 0) is 9.53 Å². The number of nitrogens with one attached hydrogen (secondary N) is 1. The summed E-state index contributed by atoms with van der Waals surface area (Å²) in [6.45, 7) is 3.62. The van der Waals surface area contributed by atoms with Crippen LogP contribution in [0, 0.1) is 0 Å². The number of methoxy groups -OCH3 is 1. The zero-order valence-electron chi connectivity index (χ0n) is 15.0. The maximum absolute atomic E-state index is 12.1. The molecule has 2 N–H and O–H groups in total. The van der Waals surface area contributed by atoms with Gasteiger partial charge in [0.05, 0.1) is 17.2 Å². The number of phenolic OH excluding ortho intramolecular Hbond substituents is 1. The molecule has 0 spiro atoms. The quantitative estimate of drug-likeness (QED) is 0.682. The van der Waals surface area contributed by atoms with E-state index in [1.165, 1.54) is 25.3 Å². The number of amides is 1. The van der Waals surface area contributed by atoms with Gasteiger partial charge in [0.1, 0.15) is 18.0 Å². The Morgan fingerprint density at radius 2 is 1.78 bits per heavy atom. The molecule has 0 fully saturated rings. The first-order valence-electron chi connectivity index (χ1n) is 8.07. The maximum atomic E-state index is 12.1. The van der Waals surface area contributed by atoms with Gasteiger partial charge >= 0.3 is 5.97 Å². The van der Waals surface area contributed by atoms with Gasteiger partial charge in [0.15, 0.2) is 5.75 Å². The first-order valence-corrected chi connectivity index (χ1v) is 8.83. The molecule has 0 bridgehead atoms. The normalized spacial score (nSPS) is 10.6. The lowest BCUT2D eigenvalue weighted by Gasteiger charge is -2.14. The summed E-state index contributed by atoms with van der Waals surface area (Å²) in [5, 5.41) is 12.6. The fourth-order valence-electron chi connectivity index (χ4n) is 2.29. The fraction of sp³-hybridized carbons (Fsp3) is 0.263. The SMILES string of the molecule is COC(=O)CNC(=O)c1cc(Cl)c(Oc2ccc(O)c(C(C)C)c2)c(Cl)c1. The van der Waals surface area contributed by atoms with Crippen molar-refractivity contribution in [2.75, 3.05) is 13.7 Å². The Morgan fingerprint density at radius 3 is 2.33 bits per heavy atom. The van der Waals surface area contributed by atoms with Crippen LogP contribution in [0.15, 0.2) is 30.3 Å². The molecular weight excluding hydrogens is 393 g/mol. The molecule has 2 rings (SSSR count). The molecule has 0 radical (unpaired) electrons. The van der Waals surface area contributed by atoms with Crippen LogP contribution in [0.1, 0.15) is 35.7 Å². The molecule has 0 heterocycles. The van der Waals surface area contributed by atoms with Gasteiger partial charge in [0.2, 0.25) is 0 Å². The Hall–Kier alpha value is -2.44. The molecule has 0 unspecified atom stereocenters. The predicted molar refractivity (Wildman–Crippen MR) is 103 cm³/mol. The zero-order chi connectivity index (χ0) is 20.1.